The number of carbonyl (C=O) groups is 1. The Bertz CT molecular complexity index is 934. The van der Waals surface area contributed by atoms with E-state index in [1.54, 1.807) is 31.4 Å². The molecule has 0 aromatic heterocycles. The van der Waals surface area contributed by atoms with Crippen LogP contribution in [0.15, 0.2) is 72.8 Å². The summed E-state index contributed by atoms with van der Waals surface area (Å²) in [5.74, 6) is -0.142. The summed E-state index contributed by atoms with van der Waals surface area (Å²) in [5, 5.41) is 5.98. The number of amides is 1. The molecule has 4 nitrogen and oxygen atoms in total. The molecule has 0 saturated carbocycles. The van der Waals surface area contributed by atoms with Crippen LogP contribution in [0.5, 0.6) is 5.75 Å². The van der Waals surface area contributed by atoms with E-state index in [-0.39, 0.29) is 10.9 Å². The highest BCUT2D eigenvalue weighted by molar-refractivity contribution is 6.31. The zero-order valence-electron chi connectivity index (χ0n) is 14.6. The zero-order valence-corrected chi connectivity index (χ0v) is 15.3. The molecule has 3 rings (SSSR count). The first kappa shape index (κ1) is 18.7. The first-order valence-corrected chi connectivity index (χ1v) is 8.66. The van der Waals surface area contributed by atoms with E-state index < -0.39 is 11.9 Å². The molecular weight excluding hydrogens is 367 g/mol. The highest BCUT2D eigenvalue weighted by atomic mass is 35.5. The van der Waals surface area contributed by atoms with Gasteiger partial charge in [0.1, 0.15) is 17.6 Å². The monoisotopic (exact) mass is 384 g/mol. The zero-order chi connectivity index (χ0) is 19.2. The van der Waals surface area contributed by atoms with E-state index in [0.29, 0.717) is 17.1 Å². The molecule has 0 radical (unpaired) electrons. The number of methoxy groups -OCH3 is 1. The van der Waals surface area contributed by atoms with Crippen LogP contribution in [0.2, 0.25) is 5.02 Å². The van der Waals surface area contributed by atoms with E-state index in [2.05, 4.69) is 10.6 Å². The smallest absolute Gasteiger partial charge is 0.251 e. The Morgan fingerprint density at radius 1 is 1.00 bits per heavy atom. The molecule has 0 unspecified atom stereocenters. The normalized spacial score (nSPS) is 11.5. The number of nitrogens with one attached hydrogen (secondary N) is 2. The predicted octanol–water partition coefficient (Wildman–Crippen LogP) is 5.28. The van der Waals surface area contributed by atoms with Crippen LogP contribution in [0.3, 0.4) is 0 Å². The van der Waals surface area contributed by atoms with Crippen LogP contribution < -0.4 is 15.4 Å². The highest BCUT2D eigenvalue weighted by Crippen LogP contribution is 2.26. The summed E-state index contributed by atoms with van der Waals surface area (Å²) in [4.78, 5) is 12.9. The summed E-state index contributed by atoms with van der Waals surface area (Å²) in [5.41, 5.74) is 1.91. The Hall–Kier alpha value is -3.05. The molecule has 2 N–H and O–H groups in total. The van der Waals surface area contributed by atoms with E-state index in [1.165, 1.54) is 18.2 Å². The molecule has 27 heavy (non-hydrogen) atoms. The molecule has 0 fully saturated rings. The van der Waals surface area contributed by atoms with Crippen molar-refractivity contribution in [3.8, 4) is 5.75 Å². The second-order valence-corrected chi connectivity index (χ2v) is 6.25. The van der Waals surface area contributed by atoms with Crippen LogP contribution in [0.4, 0.5) is 15.8 Å². The van der Waals surface area contributed by atoms with Crippen molar-refractivity contribution in [3.63, 3.8) is 0 Å². The highest BCUT2D eigenvalue weighted by Gasteiger charge is 2.21. The Morgan fingerprint density at radius 3 is 2.48 bits per heavy atom. The predicted molar refractivity (Wildman–Crippen MR) is 106 cm³/mol. The van der Waals surface area contributed by atoms with Gasteiger partial charge in [0.25, 0.3) is 5.91 Å². The van der Waals surface area contributed by atoms with Crippen molar-refractivity contribution in [3.05, 3.63) is 89.2 Å². The van der Waals surface area contributed by atoms with Crippen LogP contribution in [0.25, 0.3) is 0 Å². The summed E-state index contributed by atoms with van der Waals surface area (Å²) < 4.78 is 18.6. The van der Waals surface area contributed by atoms with E-state index in [9.17, 15) is 9.18 Å². The Labute approximate surface area is 161 Å². The minimum absolute atomic E-state index is 0.0139. The molecule has 0 bridgehead atoms. The maximum atomic E-state index is 13.4. The summed E-state index contributed by atoms with van der Waals surface area (Å²) in [6.07, 6.45) is 0. The molecule has 0 aliphatic heterocycles. The molecule has 1 amide bonds. The molecule has 1 atom stereocenters. The lowest BCUT2D eigenvalue weighted by molar-refractivity contribution is -0.117. The molecule has 138 valence electrons. The van der Waals surface area contributed by atoms with Crippen LogP contribution in [0, 0.1) is 5.82 Å². The van der Waals surface area contributed by atoms with Gasteiger partial charge < -0.3 is 15.4 Å². The number of hydrogen-bond acceptors (Lipinski definition) is 3. The third-order valence-corrected chi connectivity index (χ3v) is 4.25. The lowest BCUT2D eigenvalue weighted by atomic mass is 10.1. The molecular formula is C21H18ClFN2O2. The third-order valence-electron chi connectivity index (χ3n) is 3.96. The van der Waals surface area contributed by atoms with E-state index in [0.717, 1.165) is 5.56 Å². The van der Waals surface area contributed by atoms with Gasteiger partial charge in [0.15, 0.2) is 0 Å². The van der Waals surface area contributed by atoms with Crippen LogP contribution in [-0.4, -0.2) is 13.0 Å². The van der Waals surface area contributed by atoms with Crippen molar-refractivity contribution in [1.82, 2.24) is 0 Å². The molecule has 3 aromatic carbocycles. The van der Waals surface area contributed by atoms with Gasteiger partial charge in [0.2, 0.25) is 0 Å². The Morgan fingerprint density at radius 2 is 1.78 bits per heavy atom. The second kappa shape index (κ2) is 8.56. The number of ether oxygens (including phenoxy) is 1. The first-order valence-electron chi connectivity index (χ1n) is 8.28. The largest absolute Gasteiger partial charge is 0.497 e. The van der Waals surface area contributed by atoms with Crippen molar-refractivity contribution in [2.45, 2.75) is 6.04 Å². The number of carbonyl (C=O) groups excluding carboxylic acids is 1. The van der Waals surface area contributed by atoms with Crippen molar-refractivity contribution in [2.75, 3.05) is 17.7 Å². The van der Waals surface area contributed by atoms with E-state index >= 15 is 0 Å². The SMILES string of the molecule is COc1cccc(NC(=O)[C@H](Nc2ccc(F)c(Cl)c2)c2ccccc2)c1. The number of hydrogen-bond donors (Lipinski definition) is 2. The van der Waals surface area contributed by atoms with Gasteiger partial charge in [-0.25, -0.2) is 4.39 Å². The second-order valence-electron chi connectivity index (χ2n) is 5.84. The fourth-order valence-electron chi connectivity index (χ4n) is 2.61. The van der Waals surface area contributed by atoms with Gasteiger partial charge in [0.05, 0.1) is 12.1 Å². The minimum atomic E-state index is -0.695. The number of benzene rings is 3. The topological polar surface area (TPSA) is 50.4 Å². The van der Waals surface area contributed by atoms with Crippen molar-refractivity contribution >= 4 is 28.9 Å². The third kappa shape index (κ3) is 4.77. The van der Waals surface area contributed by atoms with Gasteiger partial charge in [-0.1, -0.05) is 48.0 Å². The Kier molecular flexibility index (Phi) is 5.94. The van der Waals surface area contributed by atoms with E-state index in [1.807, 2.05) is 30.3 Å². The molecule has 6 heteroatoms. The molecule has 0 aliphatic carbocycles. The molecule has 0 aliphatic rings. The summed E-state index contributed by atoms with van der Waals surface area (Å²) in [7, 11) is 1.56. The molecule has 0 heterocycles. The molecule has 0 saturated heterocycles. The number of rotatable bonds is 6. The van der Waals surface area contributed by atoms with Gasteiger partial charge in [-0.2, -0.15) is 0 Å². The van der Waals surface area contributed by atoms with Crippen molar-refractivity contribution in [2.24, 2.45) is 0 Å². The maximum absolute atomic E-state index is 13.4. The van der Waals surface area contributed by atoms with Gasteiger partial charge >= 0.3 is 0 Å². The van der Waals surface area contributed by atoms with E-state index in [4.69, 9.17) is 16.3 Å². The van der Waals surface area contributed by atoms with Crippen molar-refractivity contribution in [1.29, 1.82) is 0 Å². The van der Waals surface area contributed by atoms with Crippen LogP contribution in [-0.2, 0) is 4.79 Å². The Balaban J connectivity index is 1.87. The lowest BCUT2D eigenvalue weighted by Crippen LogP contribution is -2.27. The number of anilines is 2. The standard InChI is InChI=1S/C21H18ClFN2O2/c1-27-17-9-5-8-15(12-17)25-21(26)20(14-6-3-2-4-7-14)24-16-10-11-19(23)18(22)13-16/h2-13,20,24H,1H3,(H,25,26)/t20-/m1/s1. The quantitative estimate of drug-likeness (QED) is 0.608. The van der Waals surface area contributed by atoms with Gasteiger partial charge in [-0.05, 0) is 35.9 Å². The van der Waals surface area contributed by atoms with Gasteiger partial charge in [-0.3, -0.25) is 4.79 Å². The average molecular weight is 385 g/mol. The maximum Gasteiger partial charge on any atom is 0.251 e. The number of halogens is 2. The van der Waals surface area contributed by atoms with Crippen LogP contribution in [0.1, 0.15) is 11.6 Å². The minimum Gasteiger partial charge on any atom is -0.497 e. The van der Waals surface area contributed by atoms with Gasteiger partial charge in [0, 0.05) is 17.4 Å². The first-order chi connectivity index (χ1) is 13.1. The van der Waals surface area contributed by atoms with Crippen LogP contribution >= 0.6 is 11.6 Å². The lowest BCUT2D eigenvalue weighted by Gasteiger charge is -2.20. The summed E-state index contributed by atoms with van der Waals surface area (Å²) >= 11 is 5.86. The average Bonchev–Trinajstić information content (AvgIpc) is 2.69. The van der Waals surface area contributed by atoms with Crippen molar-refractivity contribution < 1.29 is 13.9 Å². The fraction of sp³-hybridized carbons (Fsp3) is 0.0952. The molecule has 3 aromatic rings. The summed E-state index contributed by atoms with van der Waals surface area (Å²) in [6, 6.07) is 19.9. The summed E-state index contributed by atoms with van der Waals surface area (Å²) in [6.45, 7) is 0. The van der Waals surface area contributed by atoms with Gasteiger partial charge in [-0.15, -0.1) is 0 Å². The molecule has 0 spiro atoms. The fourth-order valence-corrected chi connectivity index (χ4v) is 2.79.